The number of hydrogen-bond acceptors (Lipinski definition) is 4. The predicted octanol–water partition coefficient (Wildman–Crippen LogP) is 3.33. The number of benzene rings is 1. The van der Waals surface area contributed by atoms with E-state index in [1.807, 2.05) is 0 Å². The molecular weight excluding hydrogens is 491 g/mol. The maximum Gasteiger partial charge on any atom is 0.191 e. The van der Waals surface area contributed by atoms with Crippen LogP contribution < -0.4 is 10.6 Å². The number of halogens is 1. The van der Waals surface area contributed by atoms with Crippen molar-refractivity contribution in [2.75, 3.05) is 46.5 Å². The molecular formula is C23H39IN4O2. The summed E-state index contributed by atoms with van der Waals surface area (Å²) in [5.41, 5.74) is 2.64. The summed E-state index contributed by atoms with van der Waals surface area (Å²) >= 11 is 0. The van der Waals surface area contributed by atoms with E-state index in [1.54, 1.807) is 7.11 Å². The molecule has 2 saturated heterocycles. The van der Waals surface area contributed by atoms with E-state index < -0.39 is 0 Å². The monoisotopic (exact) mass is 530 g/mol. The molecule has 6 nitrogen and oxygen atoms in total. The maximum atomic E-state index is 5.83. The van der Waals surface area contributed by atoms with Gasteiger partial charge in [-0.1, -0.05) is 24.3 Å². The van der Waals surface area contributed by atoms with Crippen molar-refractivity contribution in [1.82, 2.24) is 15.5 Å². The Morgan fingerprint density at radius 1 is 1.23 bits per heavy atom. The highest BCUT2D eigenvalue weighted by molar-refractivity contribution is 14.0. The van der Waals surface area contributed by atoms with Crippen LogP contribution in [-0.4, -0.2) is 69.0 Å². The number of piperidine rings is 1. The Hall–Kier alpha value is -0.900. The molecule has 0 radical (unpaired) electrons. The second kappa shape index (κ2) is 12.8. The van der Waals surface area contributed by atoms with Crippen molar-refractivity contribution in [3.05, 3.63) is 35.4 Å². The van der Waals surface area contributed by atoms with Crippen molar-refractivity contribution in [1.29, 1.82) is 0 Å². The molecule has 1 aromatic rings. The van der Waals surface area contributed by atoms with E-state index >= 15 is 0 Å². The number of hydrogen-bond donors (Lipinski definition) is 2. The molecule has 3 rings (SSSR count). The van der Waals surface area contributed by atoms with Gasteiger partial charge >= 0.3 is 0 Å². The molecule has 0 aliphatic carbocycles. The molecule has 7 heteroatoms. The molecule has 2 fully saturated rings. The zero-order valence-electron chi connectivity index (χ0n) is 18.8. The van der Waals surface area contributed by atoms with Gasteiger partial charge in [0.2, 0.25) is 0 Å². The van der Waals surface area contributed by atoms with Crippen molar-refractivity contribution in [2.24, 2.45) is 4.99 Å². The molecule has 0 atom stereocenters. The molecule has 0 saturated carbocycles. The summed E-state index contributed by atoms with van der Waals surface area (Å²) in [5.74, 6) is 0.910. The van der Waals surface area contributed by atoms with Crippen LogP contribution >= 0.6 is 24.0 Å². The van der Waals surface area contributed by atoms with E-state index in [2.05, 4.69) is 53.6 Å². The van der Waals surface area contributed by atoms with Gasteiger partial charge in [-0.05, 0) is 37.8 Å². The quantitative estimate of drug-likeness (QED) is 0.322. The summed E-state index contributed by atoms with van der Waals surface area (Å²) < 4.78 is 11.3. The number of aryl methyl sites for hydroxylation is 1. The first-order chi connectivity index (χ1) is 14.1. The molecule has 30 heavy (non-hydrogen) atoms. The highest BCUT2D eigenvalue weighted by Gasteiger charge is 2.32. The fraction of sp³-hybridized carbons (Fsp3) is 0.696. The van der Waals surface area contributed by atoms with E-state index in [1.165, 1.54) is 11.1 Å². The molecule has 2 aliphatic heterocycles. The van der Waals surface area contributed by atoms with Gasteiger partial charge in [-0.15, -0.1) is 24.0 Å². The maximum absolute atomic E-state index is 5.83. The molecule has 0 amide bonds. The third-order valence-corrected chi connectivity index (χ3v) is 6.29. The van der Waals surface area contributed by atoms with Crippen LogP contribution in [-0.2, 0) is 16.0 Å². The number of rotatable bonds is 7. The predicted molar refractivity (Wildman–Crippen MR) is 134 cm³/mol. The first-order valence-corrected chi connectivity index (χ1v) is 11.1. The van der Waals surface area contributed by atoms with Gasteiger partial charge in [0.25, 0.3) is 0 Å². The molecule has 0 aromatic heterocycles. The van der Waals surface area contributed by atoms with Gasteiger partial charge in [-0.2, -0.15) is 0 Å². The fourth-order valence-corrected chi connectivity index (χ4v) is 4.17. The van der Waals surface area contributed by atoms with Crippen LogP contribution in [0.15, 0.2) is 29.3 Å². The molecule has 1 aromatic carbocycles. The zero-order chi connectivity index (χ0) is 20.5. The largest absolute Gasteiger partial charge is 0.381 e. The van der Waals surface area contributed by atoms with Crippen LogP contribution in [0.4, 0.5) is 0 Å². The average molecular weight is 530 g/mol. The highest BCUT2D eigenvalue weighted by atomic mass is 127. The minimum atomic E-state index is -0.183. The summed E-state index contributed by atoms with van der Waals surface area (Å²) in [6.07, 6.45) is 4.09. The average Bonchev–Trinajstić information content (AvgIpc) is 2.76. The van der Waals surface area contributed by atoms with E-state index in [-0.39, 0.29) is 29.6 Å². The van der Waals surface area contributed by atoms with Crippen molar-refractivity contribution in [3.8, 4) is 0 Å². The molecule has 0 unspecified atom stereocenters. The number of methoxy groups -OCH3 is 1. The minimum absolute atomic E-state index is 0. The first kappa shape index (κ1) is 25.4. The minimum Gasteiger partial charge on any atom is -0.381 e. The standard InChI is InChI=1S/C23H38N4O2.HI/c1-4-24-22(25-18-23(28-3)11-15-29-16-12-23)26-21-9-13-27(14-10-21)17-20-8-6-5-7-19(20)2;/h5-8,21H,4,9-18H2,1-3H3,(H2,24,25,26);1H. The number of aliphatic imine (C=N–C) groups is 1. The van der Waals surface area contributed by atoms with Crippen LogP contribution in [0, 0.1) is 6.92 Å². The zero-order valence-corrected chi connectivity index (χ0v) is 21.1. The SMILES string of the molecule is CCNC(=NCC1(OC)CCOCC1)NC1CCN(Cc2ccccc2C)CC1.I. The van der Waals surface area contributed by atoms with Crippen LogP contribution in [0.2, 0.25) is 0 Å². The Morgan fingerprint density at radius 3 is 2.57 bits per heavy atom. The molecule has 2 heterocycles. The van der Waals surface area contributed by atoms with Crippen molar-refractivity contribution >= 4 is 29.9 Å². The second-order valence-electron chi connectivity index (χ2n) is 8.32. The van der Waals surface area contributed by atoms with Crippen molar-refractivity contribution < 1.29 is 9.47 Å². The van der Waals surface area contributed by atoms with E-state index in [0.29, 0.717) is 12.6 Å². The van der Waals surface area contributed by atoms with Gasteiger partial charge < -0.3 is 20.1 Å². The Labute approximate surface area is 199 Å². The summed E-state index contributed by atoms with van der Waals surface area (Å²) in [4.78, 5) is 7.43. The van der Waals surface area contributed by atoms with Gasteiger partial charge in [-0.3, -0.25) is 9.89 Å². The Balaban J connectivity index is 0.00000320. The van der Waals surface area contributed by atoms with Gasteiger partial charge in [0.05, 0.1) is 12.1 Å². The molecule has 2 N–H and O–H groups in total. The van der Waals surface area contributed by atoms with Crippen molar-refractivity contribution in [3.63, 3.8) is 0 Å². The van der Waals surface area contributed by atoms with Crippen LogP contribution in [0.1, 0.15) is 43.7 Å². The lowest BCUT2D eigenvalue weighted by Crippen LogP contribution is -2.49. The summed E-state index contributed by atoms with van der Waals surface area (Å²) in [7, 11) is 1.80. The van der Waals surface area contributed by atoms with E-state index in [4.69, 9.17) is 14.5 Å². The molecule has 170 valence electrons. The molecule has 0 spiro atoms. The first-order valence-electron chi connectivity index (χ1n) is 11.1. The number of ether oxygens (including phenoxy) is 2. The lowest BCUT2D eigenvalue weighted by atomic mass is 9.94. The summed E-state index contributed by atoms with van der Waals surface area (Å²) in [5, 5.41) is 7.07. The summed E-state index contributed by atoms with van der Waals surface area (Å²) in [6.45, 7) is 10.6. The van der Waals surface area contributed by atoms with Crippen LogP contribution in [0.25, 0.3) is 0 Å². The highest BCUT2D eigenvalue weighted by Crippen LogP contribution is 2.24. The second-order valence-corrected chi connectivity index (χ2v) is 8.32. The number of likely N-dealkylation sites (tertiary alicyclic amines) is 1. The third-order valence-electron chi connectivity index (χ3n) is 6.29. The number of nitrogens with one attached hydrogen (secondary N) is 2. The van der Waals surface area contributed by atoms with Gasteiger partial charge in [0.15, 0.2) is 5.96 Å². The van der Waals surface area contributed by atoms with Gasteiger partial charge in [0.1, 0.15) is 0 Å². The molecule has 2 aliphatic rings. The normalized spacial score (nSPS) is 20.4. The third kappa shape index (κ3) is 7.35. The van der Waals surface area contributed by atoms with Crippen molar-refractivity contribution in [2.45, 2.75) is 57.7 Å². The Bertz CT molecular complexity index is 656. The lowest BCUT2D eigenvalue weighted by Gasteiger charge is -2.35. The Morgan fingerprint density at radius 2 is 1.93 bits per heavy atom. The van der Waals surface area contributed by atoms with Crippen LogP contribution in [0.3, 0.4) is 0 Å². The number of nitrogens with zero attached hydrogens (tertiary/aromatic N) is 2. The van der Waals surface area contributed by atoms with Gasteiger partial charge in [0, 0.05) is 65.4 Å². The van der Waals surface area contributed by atoms with E-state index in [0.717, 1.165) is 71.0 Å². The van der Waals surface area contributed by atoms with E-state index in [9.17, 15) is 0 Å². The fourth-order valence-electron chi connectivity index (χ4n) is 4.17. The number of guanidine groups is 1. The smallest absolute Gasteiger partial charge is 0.191 e. The lowest BCUT2D eigenvalue weighted by molar-refractivity contribution is -0.0828. The molecule has 0 bridgehead atoms. The topological polar surface area (TPSA) is 58.1 Å². The van der Waals surface area contributed by atoms with Gasteiger partial charge in [-0.25, -0.2) is 0 Å². The Kier molecular flexibility index (Phi) is 10.8. The summed E-state index contributed by atoms with van der Waals surface area (Å²) in [6, 6.07) is 9.17. The van der Waals surface area contributed by atoms with Crippen LogP contribution in [0.5, 0.6) is 0 Å².